The van der Waals surface area contributed by atoms with E-state index < -0.39 is 23.0 Å². The third-order valence-corrected chi connectivity index (χ3v) is 12.3. The van der Waals surface area contributed by atoms with E-state index in [4.69, 9.17) is 4.74 Å². The molecule has 1 saturated heterocycles. The first-order chi connectivity index (χ1) is 16.2. The number of carbonyl (C=O) groups excluding carboxylic acids is 2. The summed E-state index contributed by atoms with van der Waals surface area (Å²) < 4.78 is 5.67. The zero-order valence-corrected chi connectivity index (χ0v) is 22.8. The van der Waals surface area contributed by atoms with E-state index in [1.165, 1.54) is 5.57 Å². The standard InChI is InChI=1S/C30H46O5/c1-17(14-21(33)25-27(4,5)35-25)18-8-11-28(6)19(18)15-20(32)24-29(28,7)12-9-22-26(2,3)23(34)10-13-30(22,24)16-31/h14,16,18-22,24-25,32-33H,8-13,15H2,1-7H3/b17-14+/t18-,19-,20-,21?,22+,24+,25?,28-,29-,30-/m1/s1. The smallest absolute Gasteiger partial charge is 0.138 e. The van der Waals surface area contributed by atoms with E-state index in [0.29, 0.717) is 31.1 Å². The van der Waals surface area contributed by atoms with Gasteiger partial charge in [-0.05, 0) is 87.9 Å². The molecule has 10 atom stereocenters. The third-order valence-electron chi connectivity index (χ3n) is 12.3. The summed E-state index contributed by atoms with van der Waals surface area (Å²) in [6, 6.07) is 0. The highest BCUT2D eigenvalue weighted by Gasteiger charge is 2.72. The van der Waals surface area contributed by atoms with Crippen LogP contribution in [0.3, 0.4) is 0 Å². The second kappa shape index (κ2) is 7.74. The van der Waals surface area contributed by atoms with Crippen molar-refractivity contribution in [2.24, 2.45) is 45.3 Å². The van der Waals surface area contributed by atoms with Crippen molar-refractivity contribution in [2.75, 3.05) is 0 Å². The minimum Gasteiger partial charge on any atom is -0.393 e. The molecule has 5 aliphatic rings. The van der Waals surface area contributed by atoms with Crippen LogP contribution in [-0.4, -0.2) is 46.2 Å². The minimum atomic E-state index is -0.633. The van der Waals surface area contributed by atoms with Crippen molar-refractivity contribution in [2.45, 2.75) is 117 Å². The lowest BCUT2D eigenvalue weighted by Crippen LogP contribution is -2.68. The normalized spacial score (nSPS) is 51.1. The maximum Gasteiger partial charge on any atom is 0.138 e. The van der Waals surface area contributed by atoms with Crippen molar-refractivity contribution >= 4 is 12.1 Å². The molecular weight excluding hydrogens is 440 g/mol. The molecule has 1 heterocycles. The van der Waals surface area contributed by atoms with E-state index in [0.717, 1.165) is 32.0 Å². The molecule has 0 aromatic carbocycles. The highest BCUT2D eigenvalue weighted by Crippen LogP contribution is 2.75. The Morgan fingerprint density at radius 2 is 1.69 bits per heavy atom. The molecule has 0 aromatic rings. The number of carbonyl (C=O) groups is 2. The molecule has 2 unspecified atom stereocenters. The number of aliphatic hydroxyl groups is 2. The molecule has 5 heteroatoms. The molecule has 4 aliphatic carbocycles. The number of fused-ring (bicyclic) bond motifs is 5. The van der Waals surface area contributed by atoms with Crippen LogP contribution < -0.4 is 0 Å². The van der Waals surface area contributed by atoms with Crippen molar-refractivity contribution in [3.8, 4) is 0 Å². The van der Waals surface area contributed by atoms with Crippen LogP contribution in [0.15, 0.2) is 11.6 Å². The number of rotatable bonds is 4. The second-order valence-corrected chi connectivity index (χ2v) is 14.4. The van der Waals surface area contributed by atoms with Crippen LogP contribution in [0.25, 0.3) is 0 Å². The lowest BCUT2D eigenvalue weighted by molar-refractivity contribution is -0.231. The van der Waals surface area contributed by atoms with Crippen LogP contribution in [0, 0.1) is 45.3 Å². The maximum atomic E-state index is 13.0. The number of aliphatic hydroxyl groups excluding tert-OH is 2. The van der Waals surface area contributed by atoms with Gasteiger partial charge in [0.05, 0.1) is 11.7 Å². The number of ketones is 1. The first-order valence-corrected chi connectivity index (χ1v) is 13.9. The average molecular weight is 487 g/mol. The lowest BCUT2D eigenvalue weighted by Gasteiger charge is -2.69. The first-order valence-electron chi connectivity index (χ1n) is 13.9. The fourth-order valence-electron chi connectivity index (χ4n) is 10.1. The van der Waals surface area contributed by atoms with Gasteiger partial charge in [-0.2, -0.15) is 0 Å². The molecule has 5 fully saturated rings. The Morgan fingerprint density at radius 1 is 1.06 bits per heavy atom. The van der Waals surface area contributed by atoms with E-state index in [1.807, 2.05) is 33.8 Å². The van der Waals surface area contributed by atoms with Gasteiger partial charge in [0.2, 0.25) is 0 Å². The molecule has 0 bridgehead atoms. The third kappa shape index (κ3) is 3.29. The van der Waals surface area contributed by atoms with Crippen LogP contribution in [-0.2, 0) is 14.3 Å². The molecule has 35 heavy (non-hydrogen) atoms. The van der Waals surface area contributed by atoms with Crippen molar-refractivity contribution in [3.63, 3.8) is 0 Å². The van der Waals surface area contributed by atoms with Gasteiger partial charge in [-0.1, -0.05) is 39.3 Å². The molecule has 2 N–H and O–H groups in total. The van der Waals surface area contributed by atoms with Gasteiger partial charge < -0.3 is 19.7 Å². The fraction of sp³-hybridized carbons (Fsp3) is 0.867. The van der Waals surface area contributed by atoms with Crippen molar-refractivity contribution in [1.29, 1.82) is 0 Å². The molecule has 5 rings (SSSR count). The Labute approximate surface area is 211 Å². The Morgan fingerprint density at radius 3 is 2.29 bits per heavy atom. The summed E-state index contributed by atoms with van der Waals surface area (Å²) in [6.07, 6.45) is 7.46. The Kier molecular flexibility index (Phi) is 5.66. The van der Waals surface area contributed by atoms with Gasteiger partial charge in [-0.25, -0.2) is 0 Å². The largest absolute Gasteiger partial charge is 0.393 e. The van der Waals surface area contributed by atoms with E-state index in [1.54, 1.807) is 0 Å². The lowest BCUT2D eigenvalue weighted by atomic mass is 9.35. The second-order valence-electron chi connectivity index (χ2n) is 14.4. The quantitative estimate of drug-likeness (QED) is 0.336. The molecule has 0 aromatic heterocycles. The molecule has 196 valence electrons. The number of epoxide rings is 1. The summed E-state index contributed by atoms with van der Waals surface area (Å²) >= 11 is 0. The number of hydrogen-bond donors (Lipinski definition) is 2. The van der Waals surface area contributed by atoms with Crippen molar-refractivity contribution in [3.05, 3.63) is 11.6 Å². The van der Waals surface area contributed by atoms with Gasteiger partial charge in [0, 0.05) is 23.2 Å². The monoisotopic (exact) mass is 486 g/mol. The first kappa shape index (κ1) is 25.6. The fourth-order valence-corrected chi connectivity index (χ4v) is 10.1. The maximum absolute atomic E-state index is 13.0. The molecule has 0 spiro atoms. The van der Waals surface area contributed by atoms with E-state index in [-0.39, 0.29) is 40.2 Å². The highest BCUT2D eigenvalue weighted by molar-refractivity contribution is 5.87. The van der Waals surface area contributed by atoms with Crippen LogP contribution in [0.5, 0.6) is 0 Å². The van der Waals surface area contributed by atoms with Crippen molar-refractivity contribution < 1.29 is 24.5 Å². The zero-order chi connectivity index (χ0) is 25.8. The van der Waals surface area contributed by atoms with E-state index >= 15 is 0 Å². The summed E-state index contributed by atoms with van der Waals surface area (Å²) in [7, 11) is 0. The molecular formula is C30H46O5. The number of hydrogen-bond acceptors (Lipinski definition) is 5. The number of Topliss-reactive ketones (excluding diaryl/α,β-unsaturated/α-hetero) is 1. The van der Waals surface area contributed by atoms with E-state index in [2.05, 4.69) is 20.8 Å². The summed E-state index contributed by atoms with van der Waals surface area (Å²) in [5.74, 6) is 0.778. The van der Waals surface area contributed by atoms with Gasteiger partial charge in [-0.3, -0.25) is 4.79 Å². The molecule has 4 saturated carbocycles. The summed E-state index contributed by atoms with van der Waals surface area (Å²) in [4.78, 5) is 25.9. The van der Waals surface area contributed by atoms with Crippen LogP contribution in [0.2, 0.25) is 0 Å². The Balaban J connectivity index is 1.49. The van der Waals surface area contributed by atoms with Gasteiger partial charge in [0.1, 0.15) is 24.3 Å². The topological polar surface area (TPSA) is 87.1 Å². The minimum absolute atomic E-state index is 0.00231. The Hall–Kier alpha value is -1.04. The van der Waals surface area contributed by atoms with Crippen molar-refractivity contribution in [1.82, 2.24) is 0 Å². The summed E-state index contributed by atoms with van der Waals surface area (Å²) in [6.45, 7) is 14.9. The Bertz CT molecular complexity index is 950. The SMILES string of the molecule is C/C(=C\C(O)C1OC1(C)C)[C@H]1CC[C@]2(C)[C@@H]1C[C@@H](O)[C@@H]1[C@@]3(C=O)CCC(=O)C(C)(C)[C@@H]3CC[C@]12C. The summed E-state index contributed by atoms with van der Waals surface area (Å²) in [5, 5.41) is 22.6. The van der Waals surface area contributed by atoms with Gasteiger partial charge in [0.15, 0.2) is 0 Å². The van der Waals surface area contributed by atoms with Crippen LogP contribution in [0.4, 0.5) is 0 Å². The number of allylic oxidation sites excluding steroid dienone is 1. The molecule has 1 aliphatic heterocycles. The predicted octanol–water partition coefficient (Wildman–Crippen LogP) is 4.88. The highest BCUT2D eigenvalue weighted by atomic mass is 16.6. The average Bonchev–Trinajstić information content (AvgIpc) is 3.28. The molecule has 0 radical (unpaired) electrons. The molecule has 5 nitrogen and oxygen atoms in total. The number of aldehydes is 1. The van der Waals surface area contributed by atoms with Crippen LogP contribution in [0.1, 0.15) is 93.4 Å². The summed E-state index contributed by atoms with van der Waals surface area (Å²) in [5.41, 5.74) is -0.382. The van der Waals surface area contributed by atoms with Crippen LogP contribution >= 0.6 is 0 Å². The van der Waals surface area contributed by atoms with E-state index in [9.17, 15) is 19.8 Å². The predicted molar refractivity (Wildman–Crippen MR) is 135 cm³/mol. The number of ether oxygens (including phenoxy) is 1. The zero-order valence-electron chi connectivity index (χ0n) is 22.8. The van der Waals surface area contributed by atoms with Gasteiger partial charge in [0.25, 0.3) is 0 Å². The molecule has 0 amide bonds. The van der Waals surface area contributed by atoms with Gasteiger partial charge in [-0.15, -0.1) is 0 Å². The van der Waals surface area contributed by atoms with Gasteiger partial charge >= 0.3 is 0 Å².